The molecule has 17 heteroatoms. The highest BCUT2D eigenvalue weighted by atomic mass is 32.1. The van der Waals surface area contributed by atoms with Crippen LogP contribution in [0.15, 0.2) is 87.7 Å². The molecule has 356 valence electrons. The Morgan fingerprint density at radius 3 is 2.22 bits per heavy atom. The number of aryl methyl sites for hydroxylation is 3. The van der Waals surface area contributed by atoms with Crippen LogP contribution in [0.2, 0.25) is 0 Å². The molecular weight excluding hydrogens is 913 g/mol. The quantitative estimate of drug-likeness (QED) is 0.0971. The number of aliphatic carboxylic acids is 1. The van der Waals surface area contributed by atoms with Gasteiger partial charge in [-0.15, -0.1) is 32.9 Å². The summed E-state index contributed by atoms with van der Waals surface area (Å²) in [5, 5.41) is 37.2. The summed E-state index contributed by atoms with van der Waals surface area (Å²) in [7, 11) is 0. The van der Waals surface area contributed by atoms with E-state index in [1.165, 1.54) is 4.90 Å². The lowest BCUT2D eigenvalue weighted by Gasteiger charge is -2.35. The van der Waals surface area contributed by atoms with Crippen LogP contribution in [0.1, 0.15) is 108 Å². The predicted molar refractivity (Wildman–Crippen MR) is 266 cm³/mol. The average molecular weight is 967 g/mol. The normalized spacial score (nSPS) is 18.2. The van der Waals surface area contributed by atoms with Gasteiger partial charge in [-0.3, -0.25) is 28.7 Å². The molecule has 1 fully saturated rings. The zero-order valence-corrected chi connectivity index (χ0v) is 41.5. The first-order valence-electron chi connectivity index (χ1n) is 22.9. The van der Waals surface area contributed by atoms with Crippen LogP contribution in [-0.4, -0.2) is 89.0 Å². The van der Waals surface area contributed by atoms with Crippen molar-refractivity contribution in [3.05, 3.63) is 129 Å². The molecule has 1 unspecified atom stereocenters. The summed E-state index contributed by atoms with van der Waals surface area (Å²) in [6.07, 6.45) is -0.853. The molecule has 0 saturated carbocycles. The molecule has 4 aromatic heterocycles. The number of aliphatic hydroxyl groups excluding tert-OH is 1. The molecule has 0 radical (unpaired) electrons. The minimum atomic E-state index is -1.06. The molecule has 6 heterocycles. The second-order valence-corrected chi connectivity index (χ2v) is 21.2. The Morgan fingerprint density at radius 2 is 1.55 bits per heavy atom. The standard InChI is InChI=1S/C52H54N8O7S2/c1-25-29(5)69-50-41(25)43(55-42(26(2)51(65)66)46-58-57-30(6)60(46)50)33-14-12-32(13-15-33)35-18-19-36-21-40(67-39(36)20-35)48(63)56-45(52(7,8)9)49(64)59-23-37(61)22-38(59)47(62)54-27(3)31-10-16-34(17-11-31)44-28(4)53-24-68-44/h10-21,24,26-27,37-38,42,45,61H,22-23H2,1-9H3,(H,54,62)(H,56,63)(H,65,66)/t26?,27-,37+,38-,42-,45+/m0/s1. The van der Waals surface area contributed by atoms with E-state index in [9.17, 15) is 29.4 Å². The zero-order valence-electron chi connectivity index (χ0n) is 39.8. The molecule has 1 saturated heterocycles. The van der Waals surface area contributed by atoms with Crippen molar-refractivity contribution in [3.8, 4) is 26.6 Å². The molecule has 0 spiro atoms. The van der Waals surface area contributed by atoms with Gasteiger partial charge in [0.15, 0.2) is 11.6 Å². The van der Waals surface area contributed by atoms with E-state index in [0.717, 1.165) is 59.4 Å². The van der Waals surface area contributed by atoms with E-state index in [2.05, 4.69) is 32.7 Å². The molecule has 3 aromatic carbocycles. The SMILES string of the molecule is Cc1ncsc1-c1ccc([C@H](C)NC(=O)[C@@H]2C[C@@H](O)CN2C(=O)[C@@H](NC(=O)c2cc3ccc(-c4ccc(C5=N[C@@H](C(C)C(=O)O)c6nnc(C)n6-c6sc(C)c(C)c65)cc4)cc3o2)C(C)(C)C)cc1. The fourth-order valence-corrected chi connectivity index (χ4v) is 11.2. The lowest BCUT2D eigenvalue weighted by molar-refractivity contribution is -0.142. The van der Waals surface area contributed by atoms with E-state index in [0.29, 0.717) is 28.3 Å². The molecular formula is C52H54N8O7S2. The van der Waals surface area contributed by atoms with Crippen molar-refractivity contribution in [2.75, 3.05) is 6.54 Å². The van der Waals surface area contributed by atoms with Gasteiger partial charge < -0.3 is 30.2 Å². The number of aliphatic imine (C=N–C) groups is 1. The van der Waals surface area contributed by atoms with Gasteiger partial charge in [-0.05, 0) is 86.9 Å². The van der Waals surface area contributed by atoms with Crippen LogP contribution in [0.3, 0.4) is 0 Å². The number of likely N-dealkylation sites (tertiary alicyclic amines) is 1. The summed E-state index contributed by atoms with van der Waals surface area (Å²) in [6, 6.07) is 19.9. The Bertz CT molecular complexity index is 3180. The Hall–Kier alpha value is -6.82. The number of carbonyl (C=O) groups excluding carboxylic acids is 3. The fourth-order valence-electron chi connectivity index (χ4n) is 9.18. The minimum Gasteiger partial charge on any atom is -0.481 e. The number of thiazole rings is 1. The number of nitrogens with one attached hydrogen (secondary N) is 2. The summed E-state index contributed by atoms with van der Waals surface area (Å²) >= 11 is 3.17. The molecule has 9 rings (SSSR count). The maximum absolute atomic E-state index is 14.4. The number of benzene rings is 3. The lowest BCUT2D eigenvalue weighted by Crippen LogP contribution is -2.57. The molecule has 15 nitrogen and oxygen atoms in total. The number of aromatic nitrogens is 4. The van der Waals surface area contributed by atoms with Gasteiger partial charge in [0.25, 0.3) is 5.91 Å². The van der Waals surface area contributed by atoms with Crippen LogP contribution in [-0.2, 0) is 14.4 Å². The second-order valence-electron chi connectivity index (χ2n) is 19.2. The van der Waals surface area contributed by atoms with E-state index in [1.54, 1.807) is 35.7 Å². The van der Waals surface area contributed by atoms with Crippen molar-refractivity contribution in [2.24, 2.45) is 16.3 Å². The van der Waals surface area contributed by atoms with Crippen molar-refractivity contribution in [1.29, 1.82) is 0 Å². The Kier molecular flexibility index (Phi) is 12.5. The molecule has 6 atom stereocenters. The number of nitrogens with zero attached hydrogens (tertiary/aromatic N) is 6. The first-order valence-corrected chi connectivity index (χ1v) is 24.6. The highest BCUT2D eigenvalue weighted by Gasteiger charge is 2.45. The van der Waals surface area contributed by atoms with Gasteiger partial charge in [0, 0.05) is 34.4 Å². The van der Waals surface area contributed by atoms with Crippen molar-refractivity contribution in [3.63, 3.8) is 0 Å². The van der Waals surface area contributed by atoms with Crippen LogP contribution in [0.4, 0.5) is 0 Å². The van der Waals surface area contributed by atoms with Crippen LogP contribution in [0, 0.1) is 39.0 Å². The number of carboxylic acid groups (broad SMARTS) is 1. The van der Waals surface area contributed by atoms with E-state index in [-0.39, 0.29) is 24.8 Å². The number of carboxylic acids is 1. The van der Waals surface area contributed by atoms with Gasteiger partial charge in [0.1, 0.15) is 34.5 Å². The third kappa shape index (κ3) is 8.90. The Morgan fingerprint density at radius 1 is 0.870 bits per heavy atom. The number of amides is 3. The smallest absolute Gasteiger partial charge is 0.308 e. The monoisotopic (exact) mass is 966 g/mol. The number of fused-ring (bicyclic) bond motifs is 4. The number of rotatable bonds is 11. The summed E-state index contributed by atoms with van der Waals surface area (Å²) in [5.41, 5.74) is 9.55. The third-order valence-electron chi connectivity index (χ3n) is 13.3. The zero-order chi connectivity index (χ0) is 49.2. The van der Waals surface area contributed by atoms with Crippen LogP contribution in [0.5, 0.6) is 0 Å². The largest absolute Gasteiger partial charge is 0.481 e. The molecule has 69 heavy (non-hydrogen) atoms. The summed E-state index contributed by atoms with van der Waals surface area (Å²) in [4.78, 5) is 67.6. The van der Waals surface area contributed by atoms with Gasteiger partial charge in [0.05, 0.1) is 39.9 Å². The van der Waals surface area contributed by atoms with E-state index in [1.807, 2.05) is 125 Å². The molecule has 0 bridgehead atoms. The Balaban J connectivity index is 0.918. The molecule has 3 amide bonds. The van der Waals surface area contributed by atoms with Crippen molar-refractivity contribution < 1.29 is 33.8 Å². The van der Waals surface area contributed by atoms with Crippen molar-refractivity contribution in [2.45, 2.75) is 99.0 Å². The molecule has 7 aromatic rings. The maximum atomic E-state index is 14.4. The molecule has 4 N–H and O–H groups in total. The van der Waals surface area contributed by atoms with Crippen molar-refractivity contribution >= 4 is 63.0 Å². The molecule has 2 aliphatic heterocycles. The minimum absolute atomic E-state index is 0.0137. The van der Waals surface area contributed by atoms with E-state index >= 15 is 0 Å². The van der Waals surface area contributed by atoms with Gasteiger partial charge >= 0.3 is 5.97 Å². The summed E-state index contributed by atoms with van der Waals surface area (Å²) < 4.78 is 8.10. The number of thiophene rings is 1. The van der Waals surface area contributed by atoms with Crippen LogP contribution >= 0.6 is 22.7 Å². The lowest BCUT2D eigenvalue weighted by atomic mass is 9.85. The highest BCUT2D eigenvalue weighted by molar-refractivity contribution is 7.15. The van der Waals surface area contributed by atoms with Crippen LogP contribution in [0.25, 0.3) is 37.5 Å². The van der Waals surface area contributed by atoms with E-state index < -0.39 is 59.3 Å². The molecule has 2 aliphatic rings. The van der Waals surface area contributed by atoms with Crippen LogP contribution < -0.4 is 10.6 Å². The van der Waals surface area contributed by atoms with Gasteiger partial charge in [0.2, 0.25) is 11.8 Å². The van der Waals surface area contributed by atoms with Crippen molar-refractivity contribution in [1.82, 2.24) is 35.3 Å². The van der Waals surface area contributed by atoms with Gasteiger partial charge in [-0.1, -0.05) is 81.4 Å². The first-order chi connectivity index (χ1) is 32.8. The predicted octanol–water partition coefficient (Wildman–Crippen LogP) is 8.70. The number of aliphatic hydroxyl groups is 1. The fraction of sp³-hybridized carbons (Fsp3) is 0.346. The number of hydrogen-bond acceptors (Lipinski definition) is 12. The topological polar surface area (TPSA) is 205 Å². The first kappa shape index (κ1) is 47.3. The highest BCUT2D eigenvalue weighted by Crippen LogP contribution is 2.41. The number of β-amino-alcohol motifs (C(OH)–C–C–N with tert-alkyl or cyclic N) is 1. The third-order valence-corrected chi connectivity index (χ3v) is 15.5. The Labute approximate surface area is 407 Å². The number of furan rings is 1. The number of hydrogen-bond donors (Lipinski definition) is 4. The average Bonchev–Trinajstić information content (AvgIpc) is 4.15. The molecule has 0 aliphatic carbocycles. The second kappa shape index (κ2) is 18.3. The van der Waals surface area contributed by atoms with Gasteiger partial charge in [-0.25, -0.2) is 4.98 Å². The van der Waals surface area contributed by atoms with E-state index in [4.69, 9.17) is 9.41 Å². The number of carbonyl (C=O) groups is 4. The summed E-state index contributed by atoms with van der Waals surface area (Å²) in [5.74, 6) is -2.15. The summed E-state index contributed by atoms with van der Waals surface area (Å²) in [6.45, 7) is 16.9. The maximum Gasteiger partial charge on any atom is 0.308 e. The van der Waals surface area contributed by atoms with Gasteiger partial charge in [-0.2, -0.15) is 0 Å².